The van der Waals surface area contributed by atoms with Crippen molar-refractivity contribution in [3.05, 3.63) is 35.4 Å². The van der Waals surface area contributed by atoms with Gasteiger partial charge in [0.25, 0.3) is 0 Å². The summed E-state index contributed by atoms with van der Waals surface area (Å²) in [5.74, 6) is 0. The molecule has 1 atom stereocenters. The van der Waals surface area contributed by atoms with Gasteiger partial charge in [-0.2, -0.15) is 0 Å². The van der Waals surface area contributed by atoms with Gasteiger partial charge in [-0.1, -0.05) is 65.8 Å². The van der Waals surface area contributed by atoms with Crippen LogP contribution in [0.3, 0.4) is 0 Å². The normalized spacial score (nSPS) is 14.7. The standard InChI is InChI=1S/C18H32N2/c1-17(2,3)13-20(7)12-16(19)14-8-10-15(11-9-14)18(4,5)6/h8-11,16H,12-13,19H2,1-7H3. The highest BCUT2D eigenvalue weighted by atomic mass is 15.1. The lowest BCUT2D eigenvalue weighted by Crippen LogP contribution is -2.35. The van der Waals surface area contributed by atoms with Crippen LogP contribution in [0, 0.1) is 5.41 Å². The maximum Gasteiger partial charge on any atom is 0.0424 e. The highest BCUT2D eigenvalue weighted by Gasteiger charge is 2.17. The summed E-state index contributed by atoms with van der Waals surface area (Å²) < 4.78 is 0. The van der Waals surface area contributed by atoms with Crippen LogP contribution in [0.5, 0.6) is 0 Å². The molecule has 2 nitrogen and oxygen atoms in total. The zero-order valence-electron chi connectivity index (χ0n) is 14.3. The van der Waals surface area contributed by atoms with Crippen LogP contribution in [0.2, 0.25) is 0 Å². The Morgan fingerprint density at radius 3 is 1.90 bits per heavy atom. The number of nitrogens with two attached hydrogens (primary N) is 1. The molecule has 0 amide bonds. The molecule has 0 bridgehead atoms. The smallest absolute Gasteiger partial charge is 0.0424 e. The van der Waals surface area contributed by atoms with Crippen LogP contribution in [0.1, 0.15) is 58.7 Å². The van der Waals surface area contributed by atoms with E-state index < -0.39 is 0 Å². The van der Waals surface area contributed by atoms with Crippen molar-refractivity contribution in [3.63, 3.8) is 0 Å². The fourth-order valence-corrected chi connectivity index (χ4v) is 2.55. The second-order valence-electron chi connectivity index (χ2n) is 8.24. The van der Waals surface area contributed by atoms with Gasteiger partial charge in [0.15, 0.2) is 0 Å². The van der Waals surface area contributed by atoms with Crippen LogP contribution >= 0.6 is 0 Å². The van der Waals surface area contributed by atoms with Gasteiger partial charge in [-0.05, 0) is 29.0 Å². The second-order valence-corrected chi connectivity index (χ2v) is 8.24. The molecule has 1 aromatic carbocycles. The van der Waals surface area contributed by atoms with Gasteiger partial charge in [0.1, 0.15) is 0 Å². The Kier molecular flexibility index (Phi) is 5.39. The first-order valence-corrected chi connectivity index (χ1v) is 7.53. The molecule has 114 valence electrons. The van der Waals surface area contributed by atoms with Crippen LogP contribution in [0.4, 0.5) is 0 Å². The lowest BCUT2D eigenvalue weighted by atomic mass is 9.86. The van der Waals surface area contributed by atoms with Crippen LogP contribution in [0.25, 0.3) is 0 Å². The topological polar surface area (TPSA) is 29.3 Å². The molecule has 2 heteroatoms. The van der Waals surface area contributed by atoms with E-state index in [-0.39, 0.29) is 11.5 Å². The van der Waals surface area contributed by atoms with Gasteiger partial charge in [0, 0.05) is 19.1 Å². The summed E-state index contributed by atoms with van der Waals surface area (Å²) in [4.78, 5) is 2.32. The van der Waals surface area contributed by atoms with E-state index in [1.165, 1.54) is 11.1 Å². The number of benzene rings is 1. The van der Waals surface area contributed by atoms with E-state index in [1.54, 1.807) is 0 Å². The zero-order chi connectivity index (χ0) is 15.6. The van der Waals surface area contributed by atoms with E-state index in [0.29, 0.717) is 5.41 Å². The van der Waals surface area contributed by atoms with Gasteiger partial charge in [0.05, 0.1) is 0 Å². The van der Waals surface area contributed by atoms with Crippen molar-refractivity contribution < 1.29 is 0 Å². The molecule has 1 aromatic rings. The Balaban J connectivity index is 2.66. The maximum atomic E-state index is 6.33. The molecule has 1 rings (SSSR count). The van der Waals surface area contributed by atoms with Gasteiger partial charge >= 0.3 is 0 Å². The quantitative estimate of drug-likeness (QED) is 0.902. The molecule has 2 N–H and O–H groups in total. The lowest BCUT2D eigenvalue weighted by molar-refractivity contribution is 0.217. The fraction of sp³-hybridized carbons (Fsp3) is 0.667. The van der Waals surface area contributed by atoms with Gasteiger partial charge in [-0.3, -0.25) is 0 Å². The number of rotatable bonds is 4. The number of nitrogens with zero attached hydrogens (tertiary/aromatic N) is 1. The lowest BCUT2D eigenvalue weighted by Gasteiger charge is -2.29. The third-order valence-electron chi connectivity index (χ3n) is 3.46. The Hall–Kier alpha value is -0.860. The summed E-state index contributed by atoms with van der Waals surface area (Å²) >= 11 is 0. The van der Waals surface area contributed by atoms with Crippen molar-refractivity contribution >= 4 is 0 Å². The summed E-state index contributed by atoms with van der Waals surface area (Å²) in [6, 6.07) is 8.85. The third kappa shape index (κ3) is 5.64. The predicted octanol–water partition coefficient (Wildman–Crippen LogP) is 3.96. The monoisotopic (exact) mass is 276 g/mol. The number of likely N-dealkylation sites (N-methyl/N-ethyl adjacent to an activating group) is 1. The van der Waals surface area contributed by atoms with Crippen molar-refractivity contribution in [2.75, 3.05) is 20.1 Å². The molecule has 0 radical (unpaired) electrons. The predicted molar refractivity (Wildman–Crippen MR) is 89.0 cm³/mol. The fourth-order valence-electron chi connectivity index (χ4n) is 2.55. The first-order chi connectivity index (χ1) is 8.99. The number of hydrogen-bond donors (Lipinski definition) is 1. The van der Waals surface area contributed by atoms with Crippen LogP contribution in [-0.2, 0) is 5.41 Å². The molecule has 0 spiro atoms. The van der Waals surface area contributed by atoms with Crippen molar-refractivity contribution in [1.82, 2.24) is 4.90 Å². The first kappa shape index (κ1) is 17.2. The summed E-state index contributed by atoms with van der Waals surface area (Å²) in [6.07, 6.45) is 0. The molecular formula is C18H32N2. The average Bonchev–Trinajstić information content (AvgIpc) is 2.25. The summed E-state index contributed by atoms with van der Waals surface area (Å²) in [7, 11) is 2.15. The van der Waals surface area contributed by atoms with Gasteiger partial charge < -0.3 is 10.6 Å². The molecule has 0 aliphatic carbocycles. The summed E-state index contributed by atoms with van der Waals surface area (Å²) in [6.45, 7) is 15.4. The van der Waals surface area contributed by atoms with Crippen molar-refractivity contribution in [3.8, 4) is 0 Å². The van der Waals surface area contributed by atoms with E-state index >= 15 is 0 Å². The van der Waals surface area contributed by atoms with Crippen molar-refractivity contribution in [2.24, 2.45) is 11.1 Å². The van der Waals surface area contributed by atoms with E-state index in [9.17, 15) is 0 Å². The van der Waals surface area contributed by atoms with Gasteiger partial charge in [-0.15, -0.1) is 0 Å². The van der Waals surface area contributed by atoms with Crippen molar-refractivity contribution in [1.29, 1.82) is 0 Å². The van der Waals surface area contributed by atoms with Gasteiger partial charge in [0.2, 0.25) is 0 Å². The van der Waals surface area contributed by atoms with E-state index in [0.717, 1.165) is 13.1 Å². The molecule has 0 saturated heterocycles. The maximum absolute atomic E-state index is 6.33. The molecule has 1 unspecified atom stereocenters. The molecule has 0 saturated carbocycles. The highest BCUT2D eigenvalue weighted by molar-refractivity contribution is 5.29. The minimum absolute atomic E-state index is 0.0800. The van der Waals surface area contributed by atoms with Crippen molar-refractivity contribution in [2.45, 2.75) is 53.0 Å². The molecule has 20 heavy (non-hydrogen) atoms. The molecule has 0 aliphatic heterocycles. The van der Waals surface area contributed by atoms with Gasteiger partial charge in [-0.25, -0.2) is 0 Å². The second kappa shape index (κ2) is 6.28. The minimum Gasteiger partial charge on any atom is -0.323 e. The summed E-state index contributed by atoms with van der Waals surface area (Å²) in [5.41, 5.74) is 9.42. The van der Waals surface area contributed by atoms with E-state index in [2.05, 4.69) is 77.8 Å². The van der Waals surface area contributed by atoms with Crippen LogP contribution < -0.4 is 5.73 Å². The third-order valence-corrected chi connectivity index (χ3v) is 3.46. The highest BCUT2D eigenvalue weighted by Crippen LogP contribution is 2.24. The summed E-state index contributed by atoms with van der Waals surface area (Å²) in [5, 5.41) is 0. The molecule has 0 heterocycles. The first-order valence-electron chi connectivity index (χ1n) is 7.53. The number of hydrogen-bond acceptors (Lipinski definition) is 2. The Morgan fingerprint density at radius 2 is 1.50 bits per heavy atom. The molecular weight excluding hydrogens is 244 g/mol. The largest absolute Gasteiger partial charge is 0.323 e. The Labute approximate surface area is 125 Å². The average molecular weight is 276 g/mol. The Morgan fingerprint density at radius 1 is 1.00 bits per heavy atom. The Bertz CT molecular complexity index is 407. The van der Waals surface area contributed by atoms with Crippen LogP contribution in [0.15, 0.2) is 24.3 Å². The SMILES string of the molecule is CN(CC(N)c1ccc(C(C)(C)C)cc1)CC(C)(C)C. The molecule has 0 aliphatic rings. The zero-order valence-corrected chi connectivity index (χ0v) is 14.3. The van der Waals surface area contributed by atoms with E-state index in [4.69, 9.17) is 5.73 Å². The molecule has 0 aromatic heterocycles. The van der Waals surface area contributed by atoms with Crippen LogP contribution in [-0.4, -0.2) is 25.0 Å². The molecule has 0 fully saturated rings. The minimum atomic E-state index is 0.0800. The van der Waals surface area contributed by atoms with E-state index in [1.807, 2.05) is 0 Å².